The Labute approximate surface area is 248 Å². The van der Waals surface area contributed by atoms with Crippen molar-refractivity contribution in [3.63, 3.8) is 0 Å². The molecule has 0 bridgehead atoms. The zero-order valence-corrected chi connectivity index (χ0v) is 25.4. The van der Waals surface area contributed by atoms with Crippen LogP contribution in [0.1, 0.15) is 51.3 Å². The monoisotopic (exact) mass is 578 g/mol. The summed E-state index contributed by atoms with van der Waals surface area (Å²) < 4.78 is 17.5. The molecule has 42 heavy (non-hydrogen) atoms. The molecular weight excluding hydrogens is 536 g/mol. The minimum atomic E-state index is -0.612. The van der Waals surface area contributed by atoms with Crippen LogP contribution in [0.2, 0.25) is 0 Å². The van der Waals surface area contributed by atoms with Crippen LogP contribution in [0.15, 0.2) is 18.5 Å². The third-order valence-electron chi connectivity index (χ3n) is 8.16. The highest BCUT2D eigenvalue weighted by atomic mass is 16.6. The summed E-state index contributed by atoms with van der Waals surface area (Å²) in [5.74, 6) is 1.58. The van der Waals surface area contributed by atoms with Crippen LogP contribution < -0.4 is 19.3 Å². The largest absolute Gasteiger partial charge is 0.494 e. The molecule has 2 aromatic rings. The summed E-state index contributed by atoms with van der Waals surface area (Å²) in [7, 11) is 3.79. The highest BCUT2D eigenvalue weighted by molar-refractivity contribution is 5.69. The Kier molecular flexibility index (Phi) is 8.87. The Hall–Kier alpha value is -3.85. The molecule has 2 saturated heterocycles. The first-order valence-corrected chi connectivity index (χ1v) is 14.7. The van der Waals surface area contributed by atoms with Gasteiger partial charge in [-0.3, -0.25) is 4.98 Å². The molecule has 5 heterocycles. The molecule has 0 aliphatic carbocycles. The molecule has 2 aromatic heterocycles. The van der Waals surface area contributed by atoms with Crippen molar-refractivity contribution in [1.29, 1.82) is 5.26 Å². The Bertz CT molecular complexity index is 1310. The summed E-state index contributed by atoms with van der Waals surface area (Å²) in [5, 5.41) is 9.60. The SMILES string of the molecule is COc1ccncc1N1CCc2c(nc(OC[C@@H]3CCCN3C)nc2N2CCN(C(=O)OC(C)(C)C)[C@@H](CC#N)C2)C1. The Morgan fingerprint density at radius 3 is 2.69 bits per heavy atom. The molecule has 1 amide bonds. The molecular formula is C30H42N8O4. The summed E-state index contributed by atoms with van der Waals surface area (Å²) in [6.07, 6.45) is 6.33. The Balaban J connectivity index is 1.43. The number of hydrogen-bond acceptors (Lipinski definition) is 11. The molecule has 5 rings (SSSR count). The van der Waals surface area contributed by atoms with E-state index < -0.39 is 11.7 Å². The van der Waals surface area contributed by atoms with E-state index in [1.54, 1.807) is 18.2 Å². The number of methoxy groups -OCH3 is 1. The fraction of sp³-hybridized carbons (Fsp3) is 0.633. The zero-order chi connectivity index (χ0) is 29.9. The standard InChI is InChI=1S/C30H42N8O4/c1-30(2,3)42-29(39)38-16-15-37(18-21(38)8-11-31)27-23-10-14-36(25-17-32-12-9-26(25)40-5)19-24(23)33-28(34-27)41-20-22-7-6-13-35(22)4/h9,12,17,21-22H,6-8,10,13-16,18-20H2,1-5H3/t21-,22-/m0/s1. The third-order valence-corrected chi connectivity index (χ3v) is 8.16. The lowest BCUT2D eigenvalue weighted by molar-refractivity contribution is 0.0144. The molecule has 0 radical (unpaired) electrons. The number of carbonyl (C=O) groups is 1. The van der Waals surface area contributed by atoms with Crippen LogP contribution in [0.25, 0.3) is 0 Å². The Morgan fingerprint density at radius 2 is 1.98 bits per heavy atom. The summed E-state index contributed by atoms with van der Waals surface area (Å²) >= 11 is 0. The maximum absolute atomic E-state index is 13.0. The Morgan fingerprint density at radius 1 is 1.14 bits per heavy atom. The number of piperazine rings is 1. The number of likely N-dealkylation sites (tertiary alicyclic amines) is 1. The number of hydrogen-bond donors (Lipinski definition) is 0. The van der Waals surface area contributed by atoms with Crippen molar-refractivity contribution >= 4 is 17.6 Å². The van der Waals surface area contributed by atoms with Crippen LogP contribution in [0.5, 0.6) is 11.8 Å². The van der Waals surface area contributed by atoms with Gasteiger partial charge in [-0.25, -0.2) is 4.79 Å². The number of aromatic nitrogens is 3. The maximum Gasteiger partial charge on any atom is 0.410 e. The molecule has 12 nitrogen and oxygen atoms in total. The van der Waals surface area contributed by atoms with Gasteiger partial charge in [0.1, 0.15) is 23.8 Å². The molecule has 0 unspecified atom stereocenters. The van der Waals surface area contributed by atoms with Gasteiger partial charge in [-0.2, -0.15) is 15.2 Å². The van der Waals surface area contributed by atoms with Crippen molar-refractivity contribution in [2.75, 3.05) is 63.3 Å². The third kappa shape index (κ3) is 6.62. The first-order chi connectivity index (χ1) is 20.2. The smallest absolute Gasteiger partial charge is 0.410 e. The van der Waals surface area contributed by atoms with Crippen LogP contribution in [0.3, 0.4) is 0 Å². The molecule has 12 heteroatoms. The molecule has 2 atom stereocenters. The van der Waals surface area contributed by atoms with Gasteiger partial charge in [0.05, 0.1) is 49.8 Å². The van der Waals surface area contributed by atoms with E-state index in [9.17, 15) is 10.1 Å². The minimum Gasteiger partial charge on any atom is -0.494 e. The highest BCUT2D eigenvalue weighted by Gasteiger charge is 2.36. The molecule has 3 aliphatic heterocycles. The van der Waals surface area contributed by atoms with Crippen LogP contribution in [-0.2, 0) is 17.7 Å². The number of nitriles is 1. The number of ether oxygens (including phenoxy) is 3. The summed E-state index contributed by atoms with van der Waals surface area (Å²) in [5.41, 5.74) is 2.28. The van der Waals surface area contributed by atoms with E-state index in [0.717, 1.165) is 60.9 Å². The van der Waals surface area contributed by atoms with Crippen molar-refractivity contribution in [1.82, 2.24) is 24.8 Å². The van der Waals surface area contributed by atoms with E-state index in [0.29, 0.717) is 44.8 Å². The minimum absolute atomic E-state index is 0.203. The fourth-order valence-electron chi connectivity index (χ4n) is 5.95. The summed E-state index contributed by atoms with van der Waals surface area (Å²) in [6.45, 7) is 9.92. The van der Waals surface area contributed by atoms with Gasteiger partial charge in [-0.15, -0.1) is 0 Å². The number of likely N-dealkylation sites (N-methyl/N-ethyl adjacent to an activating group) is 1. The lowest BCUT2D eigenvalue weighted by Crippen LogP contribution is -2.56. The van der Waals surface area contributed by atoms with E-state index >= 15 is 0 Å². The van der Waals surface area contributed by atoms with Crippen molar-refractivity contribution in [2.24, 2.45) is 0 Å². The predicted molar refractivity (Wildman–Crippen MR) is 158 cm³/mol. The number of pyridine rings is 1. The van der Waals surface area contributed by atoms with E-state index in [1.165, 1.54) is 0 Å². The first kappa shape index (κ1) is 29.6. The number of anilines is 2. The van der Waals surface area contributed by atoms with Gasteiger partial charge in [-0.05, 0) is 53.6 Å². The second-order valence-electron chi connectivity index (χ2n) is 12.2. The average molecular weight is 579 g/mol. The number of carbonyl (C=O) groups excluding carboxylic acids is 1. The molecule has 2 fully saturated rings. The van der Waals surface area contributed by atoms with Crippen molar-refractivity contribution < 1.29 is 19.0 Å². The van der Waals surface area contributed by atoms with Crippen molar-refractivity contribution in [2.45, 2.75) is 70.7 Å². The first-order valence-electron chi connectivity index (χ1n) is 14.7. The normalized spacial score (nSPS) is 21.1. The van der Waals surface area contributed by atoms with Crippen LogP contribution >= 0.6 is 0 Å². The van der Waals surface area contributed by atoms with E-state index in [4.69, 9.17) is 24.2 Å². The van der Waals surface area contributed by atoms with Gasteiger partial charge in [-0.1, -0.05) is 0 Å². The molecule has 0 aromatic carbocycles. The van der Waals surface area contributed by atoms with Gasteiger partial charge in [0.25, 0.3) is 0 Å². The number of rotatable bonds is 7. The predicted octanol–water partition coefficient (Wildman–Crippen LogP) is 3.26. The van der Waals surface area contributed by atoms with E-state index in [-0.39, 0.29) is 12.5 Å². The van der Waals surface area contributed by atoms with E-state index in [2.05, 4.69) is 32.8 Å². The van der Waals surface area contributed by atoms with Gasteiger partial charge in [0.2, 0.25) is 0 Å². The number of fused-ring (bicyclic) bond motifs is 1. The van der Waals surface area contributed by atoms with Gasteiger partial charge >= 0.3 is 12.1 Å². The number of nitrogens with zero attached hydrogens (tertiary/aromatic N) is 8. The second kappa shape index (κ2) is 12.6. The molecule has 3 aliphatic rings. The molecule has 0 spiro atoms. The lowest BCUT2D eigenvalue weighted by atomic mass is 10.0. The van der Waals surface area contributed by atoms with Gasteiger partial charge in [0.15, 0.2) is 0 Å². The zero-order valence-electron chi connectivity index (χ0n) is 25.4. The maximum atomic E-state index is 13.0. The fourth-order valence-corrected chi connectivity index (χ4v) is 5.95. The van der Waals surface area contributed by atoms with Crippen LogP contribution in [-0.4, -0.2) is 102 Å². The molecule has 0 N–H and O–H groups in total. The molecule has 0 saturated carbocycles. The number of amides is 1. The lowest BCUT2D eigenvalue weighted by Gasteiger charge is -2.42. The molecule has 226 valence electrons. The van der Waals surface area contributed by atoms with Gasteiger partial charge < -0.3 is 33.8 Å². The van der Waals surface area contributed by atoms with Crippen molar-refractivity contribution in [3.8, 4) is 17.8 Å². The van der Waals surface area contributed by atoms with Gasteiger partial charge in [0, 0.05) is 50.0 Å². The van der Waals surface area contributed by atoms with Crippen molar-refractivity contribution in [3.05, 3.63) is 29.7 Å². The average Bonchev–Trinajstić information content (AvgIpc) is 3.38. The summed E-state index contributed by atoms with van der Waals surface area (Å²) in [6, 6.07) is 4.49. The topological polar surface area (TPSA) is 120 Å². The quantitative estimate of drug-likeness (QED) is 0.481. The highest BCUT2D eigenvalue weighted by Crippen LogP contribution is 2.35. The van der Waals surface area contributed by atoms with E-state index in [1.807, 2.05) is 33.0 Å². The second-order valence-corrected chi connectivity index (χ2v) is 12.2. The van der Waals surface area contributed by atoms with Crippen LogP contribution in [0.4, 0.5) is 16.3 Å². The summed E-state index contributed by atoms with van der Waals surface area (Å²) in [4.78, 5) is 35.6. The van der Waals surface area contributed by atoms with Crippen LogP contribution in [0, 0.1) is 11.3 Å².